The number of likely N-dealkylation sites (tertiary alicyclic amines) is 1. The maximum Gasteiger partial charge on any atom is 0.225 e. The molecule has 0 unspecified atom stereocenters. The van der Waals surface area contributed by atoms with Crippen LogP contribution in [0.2, 0.25) is 0 Å². The highest BCUT2D eigenvalue weighted by atomic mass is 15.4. The lowest BCUT2D eigenvalue weighted by molar-refractivity contribution is 0.190. The summed E-state index contributed by atoms with van der Waals surface area (Å²) in [5, 5.41) is 3.47. The Morgan fingerprint density at radius 3 is 2.46 bits per heavy atom. The first-order valence-corrected chi connectivity index (χ1v) is 11.0. The zero-order valence-electron chi connectivity index (χ0n) is 17.7. The number of aliphatic imine (C=N–C) groups is 1. The van der Waals surface area contributed by atoms with E-state index in [1.54, 1.807) is 0 Å². The Bertz CT molecular complexity index is 576. The van der Waals surface area contributed by atoms with Gasteiger partial charge in [0.25, 0.3) is 0 Å². The van der Waals surface area contributed by atoms with Gasteiger partial charge in [-0.2, -0.15) is 0 Å². The summed E-state index contributed by atoms with van der Waals surface area (Å²) in [6.45, 7) is 13.9. The molecule has 0 atom stereocenters. The Morgan fingerprint density at radius 1 is 1.07 bits per heavy atom. The third-order valence-corrected chi connectivity index (χ3v) is 5.77. The van der Waals surface area contributed by atoms with E-state index in [4.69, 9.17) is 4.99 Å². The fourth-order valence-corrected chi connectivity index (χ4v) is 3.92. The standard InChI is InChI=1S/C21H37N7/c1-3-22-20(23-9-4-5-12-26-13-7-19(2)8-14-26)27-15-17-28(18-16-27)21-24-10-6-11-25-21/h6,10-11,19H,3-5,7-9,12-18H2,1-2H3,(H,22,23). The van der Waals surface area contributed by atoms with Crippen LogP contribution in [0.3, 0.4) is 0 Å². The summed E-state index contributed by atoms with van der Waals surface area (Å²) in [6, 6.07) is 1.86. The van der Waals surface area contributed by atoms with Crippen molar-refractivity contribution in [1.29, 1.82) is 0 Å². The van der Waals surface area contributed by atoms with Crippen molar-refractivity contribution < 1.29 is 0 Å². The normalized spacial score (nSPS) is 19.9. The molecular formula is C21H37N7. The van der Waals surface area contributed by atoms with Crippen molar-refractivity contribution >= 4 is 11.9 Å². The van der Waals surface area contributed by atoms with E-state index >= 15 is 0 Å². The van der Waals surface area contributed by atoms with Crippen molar-refractivity contribution in [3.63, 3.8) is 0 Å². The second-order valence-electron chi connectivity index (χ2n) is 7.99. The molecule has 156 valence electrons. The van der Waals surface area contributed by atoms with Gasteiger partial charge in [0.05, 0.1) is 0 Å². The predicted octanol–water partition coefficient (Wildman–Crippen LogP) is 2.08. The first-order chi connectivity index (χ1) is 13.8. The van der Waals surface area contributed by atoms with Crippen LogP contribution in [0.25, 0.3) is 0 Å². The van der Waals surface area contributed by atoms with Crippen LogP contribution in [-0.4, -0.2) is 84.6 Å². The van der Waals surface area contributed by atoms with E-state index in [9.17, 15) is 0 Å². The zero-order chi connectivity index (χ0) is 19.6. The number of unbranched alkanes of at least 4 members (excludes halogenated alkanes) is 1. The number of hydrogen-bond acceptors (Lipinski definition) is 5. The number of rotatable bonds is 7. The van der Waals surface area contributed by atoms with Gasteiger partial charge in [0.1, 0.15) is 0 Å². The quantitative estimate of drug-likeness (QED) is 0.439. The van der Waals surface area contributed by atoms with Gasteiger partial charge in [-0.15, -0.1) is 0 Å². The van der Waals surface area contributed by atoms with E-state index < -0.39 is 0 Å². The predicted molar refractivity (Wildman–Crippen MR) is 116 cm³/mol. The molecule has 1 aromatic heterocycles. The molecule has 7 nitrogen and oxygen atoms in total. The lowest BCUT2D eigenvalue weighted by Crippen LogP contribution is -2.53. The van der Waals surface area contributed by atoms with Crippen LogP contribution < -0.4 is 10.2 Å². The summed E-state index contributed by atoms with van der Waals surface area (Å²) in [7, 11) is 0. The average Bonchev–Trinajstić information content (AvgIpc) is 2.75. The number of piperidine rings is 1. The summed E-state index contributed by atoms with van der Waals surface area (Å²) in [4.78, 5) is 20.9. The Balaban J connectivity index is 1.39. The van der Waals surface area contributed by atoms with Gasteiger partial charge in [0.15, 0.2) is 5.96 Å². The molecule has 1 aromatic rings. The lowest BCUT2D eigenvalue weighted by atomic mass is 9.99. The van der Waals surface area contributed by atoms with Crippen molar-refractivity contribution in [3.05, 3.63) is 18.5 Å². The zero-order valence-corrected chi connectivity index (χ0v) is 17.7. The molecule has 2 aliphatic heterocycles. The topological polar surface area (TPSA) is 59.9 Å². The number of aromatic nitrogens is 2. The van der Waals surface area contributed by atoms with Crippen LogP contribution in [0.5, 0.6) is 0 Å². The first kappa shape index (κ1) is 20.8. The van der Waals surface area contributed by atoms with Crippen molar-refractivity contribution in [2.45, 2.75) is 39.5 Å². The minimum atomic E-state index is 0.830. The number of nitrogens with zero attached hydrogens (tertiary/aromatic N) is 6. The van der Waals surface area contributed by atoms with Gasteiger partial charge in [-0.25, -0.2) is 9.97 Å². The number of piperazine rings is 1. The van der Waals surface area contributed by atoms with Gasteiger partial charge >= 0.3 is 0 Å². The molecule has 2 aliphatic rings. The third kappa shape index (κ3) is 6.33. The van der Waals surface area contributed by atoms with Gasteiger partial charge < -0.3 is 20.0 Å². The van der Waals surface area contributed by atoms with Crippen molar-refractivity contribution in [1.82, 2.24) is 25.1 Å². The van der Waals surface area contributed by atoms with Crippen LogP contribution in [0, 0.1) is 5.92 Å². The maximum absolute atomic E-state index is 4.89. The van der Waals surface area contributed by atoms with E-state index in [1.807, 2.05) is 18.5 Å². The molecule has 2 saturated heterocycles. The molecule has 2 fully saturated rings. The lowest BCUT2D eigenvalue weighted by Gasteiger charge is -2.36. The summed E-state index contributed by atoms with van der Waals surface area (Å²) >= 11 is 0. The van der Waals surface area contributed by atoms with Crippen molar-refractivity contribution in [3.8, 4) is 0 Å². The first-order valence-electron chi connectivity index (χ1n) is 11.0. The van der Waals surface area contributed by atoms with E-state index in [0.29, 0.717) is 0 Å². The van der Waals surface area contributed by atoms with Gasteiger partial charge in [-0.3, -0.25) is 4.99 Å². The van der Waals surface area contributed by atoms with Gasteiger partial charge in [-0.05, 0) is 64.2 Å². The summed E-state index contributed by atoms with van der Waals surface area (Å²) < 4.78 is 0. The van der Waals surface area contributed by atoms with E-state index in [-0.39, 0.29) is 0 Å². The largest absolute Gasteiger partial charge is 0.357 e. The molecule has 3 heterocycles. The molecule has 1 N–H and O–H groups in total. The van der Waals surface area contributed by atoms with Crippen LogP contribution in [0.15, 0.2) is 23.5 Å². The number of anilines is 1. The molecule has 0 aromatic carbocycles. The molecule has 28 heavy (non-hydrogen) atoms. The molecule has 0 radical (unpaired) electrons. The van der Waals surface area contributed by atoms with Gasteiger partial charge in [-0.1, -0.05) is 6.92 Å². The van der Waals surface area contributed by atoms with Crippen molar-refractivity contribution in [2.24, 2.45) is 10.9 Å². The van der Waals surface area contributed by atoms with E-state index in [1.165, 1.54) is 45.3 Å². The Morgan fingerprint density at radius 2 is 1.79 bits per heavy atom. The van der Waals surface area contributed by atoms with Crippen molar-refractivity contribution in [2.75, 3.05) is 63.8 Å². The van der Waals surface area contributed by atoms with E-state index in [2.05, 4.69) is 43.8 Å². The monoisotopic (exact) mass is 387 g/mol. The van der Waals surface area contributed by atoms with Crippen LogP contribution in [0.4, 0.5) is 5.95 Å². The number of guanidine groups is 1. The fraction of sp³-hybridized carbons (Fsp3) is 0.762. The highest BCUT2D eigenvalue weighted by Crippen LogP contribution is 2.16. The SMILES string of the molecule is CCNC(=NCCCCN1CCC(C)CC1)N1CCN(c2ncccn2)CC1. The fourth-order valence-electron chi connectivity index (χ4n) is 3.92. The second-order valence-corrected chi connectivity index (χ2v) is 7.99. The summed E-state index contributed by atoms with van der Waals surface area (Å²) in [5.74, 6) is 2.80. The molecule has 3 rings (SSSR count). The number of hydrogen-bond donors (Lipinski definition) is 1. The molecule has 0 saturated carbocycles. The highest BCUT2D eigenvalue weighted by molar-refractivity contribution is 5.80. The Kier molecular flexibility index (Phi) is 8.33. The average molecular weight is 388 g/mol. The molecule has 0 amide bonds. The molecular weight excluding hydrogens is 350 g/mol. The van der Waals surface area contributed by atoms with Crippen LogP contribution in [-0.2, 0) is 0 Å². The minimum absolute atomic E-state index is 0.830. The molecule has 0 bridgehead atoms. The summed E-state index contributed by atoms with van der Waals surface area (Å²) in [6.07, 6.45) is 8.76. The highest BCUT2D eigenvalue weighted by Gasteiger charge is 2.21. The summed E-state index contributed by atoms with van der Waals surface area (Å²) in [5.41, 5.74) is 0. The van der Waals surface area contributed by atoms with Gasteiger partial charge in [0, 0.05) is 51.7 Å². The third-order valence-electron chi connectivity index (χ3n) is 5.77. The molecule has 7 heteroatoms. The molecule has 0 spiro atoms. The Labute approximate surface area is 170 Å². The second kappa shape index (κ2) is 11.2. The minimum Gasteiger partial charge on any atom is -0.357 e. The van der Waals surface area contributed by atoms with Crippen LogP contribution >= 0.6 is 0 Å². The maximum atomic E-state index is 4.89. The number of nitrogens with one attached hydrogen (secondary N) is 1. The smallest absolute Gasteiger partial charge is 0.225 e. The van der Waals surface area contributed by atoms with Gasteiger partial charge in [0.2, 0.25) is 5.95 Å². The van der Waals surface area contributed by atoms with Crippen LogP contribution in [0.1, 0.15) is 39.5 Å². The molecule has 0 aliphatic carbocycles. The van der Waals surface area contributed by atoms with E-state index in [0.717, 1.165) is 57.1 Å². The Hall–Kier alpha value is -1.89.